The molecule has 1 aliphatic carbocycles. The zero-order chi connectivity index (χ0) is 81.6. The van der Waals surface area contributed by atoms with Crippen LogP contribution in [0.5, 0.6) is 0 Å². The Morgan fingerprint density at radius 3 is 1.02 bits per heavy atom. The molecule has 6 heteroatoms. The van der Waals surface area contributed by atoms with E-state index in [1.54, 1.807) is 0 Å². The summed E-state index contributed by atoms with van der Waals surface area (Å²) in [4.78, 5) is 4.75. The number of hydrogen-bond donors (Lipinski definition) is 0. The summed E-state index contributed by atoms with van der Waals surface area (Å²) in [5.41, 5.74) is 36.1. The Kier molecular flexibility index (Phi) is 17.5. The molecule has 0 N–H and O–H groups in total. The van der Waals surface area contributed by atoms with Gasteiger partial charge in [-0.05, 0) is 236 Å². The Morgan fingerprint density at radius 2 is 0.520 bits per heavy atom. The molecule has 0 saturated heterocycles. The van der Waals surface area contributed by atoms with E-state index in [0.29, 0.717) is 0 Å². The van der Waals surface area contributed by atoms with Crippen LogP contribution in [0.25, 0.3) is 171 Å². The molecule has 580 valence electrons. The predicted molar refractivity (Wildman–Crippen MR) is 517 cm³/mol. The largest absolute Gasteiger partial charge is 0.455 e. The number of fused-ring (bicyclic) bond motifs is 15. The van der Waals surface area contributed by atoms with E-state index in [2.05, 4.69) is 480 Å². The van der Waals surface area contributed by atoms with Crippen molar-refractivity contribution in [3.8, 4) is 83.8 Å². The molecule has 0 aliphatic heterocycles. The fraction of sp³-hybridized carbons (Fsp3) is 0.0256. The molecule has 0 atom stereocenters. The molecule has 123 heavy (non-hydrogen) atoms. The van der Waals surface area contributed by atoms with Gasteiger partial charge in [0.25, 0.3) is 0 Å². The van der Waals surface area contributed by atoms with Gasteiger partial charge >= 0.3 is 0 Å². The fourth-order valence-corrected chi connectivity index (χ4v) is 19.4. The maximum absolute atomic E-state index is 6.45. The normalized spacial score (nSPS) is 12.2. The van der Waals surface area contributed by atoms with Gasteiger partial charge < -0.3 is 27.9 Å². The van der Waals surface area contributed by atoms with Gasteiger partial charge in [0.2, 0.25) is 0 Å². The van der Waals surface area contributed by atoms with Crippen LogP contribution in [-0.2, 0) is 5.41 Å². The molecule has 0 amide bonds. The molecule has 6 nitrogen and oxygen atoms in total. The molecule has 23 aromatic rings. The first kappa shape index (κ1) is 72.2. The van der Waals surface area contributed by atoms with E-state index in [4.69, 9.17) is 4.42 Å². The minimum absolute atomic E-state index is 0.116. The van der Waals surface area contributed by atoms with Crippen molar-refractivity contribution in [2.45, 2.75) is 19.3 Å². The van der Waals surface area contributed by atoms with Crippen LogP contribution in [0.3, 0.4) is 0 Å². The van der Waals surface area contributed by atoms with Crippen LogP contribution >= 0.6 is 0 Å². The molecule has 19 aromatic carbocycles. The second kappa shape index (κ2) is 29.8. The van der Waals surface area contributed by atoms with E-state index < -0.39 is 0 Å². The van der Waals surface area contributed by atoms with Crippen LogP contribution in [0.4, 0.5) is 34.1 Å². The average Bonchev–Trinajstić information content (AvgIpc) is 1.60. The van der Waals surface area contributed by atoms with Crippen molar-refractivity contribution >= 4 is 121 Å². The van der Waals surface area contributed by atoms with Crippen LogP contribution in [0, 0.1) is 0 Å². The standard InChI is InChI=1S/C60H41N3.C57H40N2O/c1-4-14-42(15-5-1)43-24-32-50(33-25-43)61(51-34-26-44(27-35-51)46-31-39-59-56(40-46)54-21-11-13-23-58(54)62(59)48-16-6-2-7-17-48)52-36-28-45(29-37-52)47-30-38-55-53-20-10-12-22-57(53)63(60(55)41-47)49-18-8-3-9-19-49;1-57(2)51-20-9-6-15-45(51)46-33-32-43(36-52(46)57)58(42-30-25-38(26-31-42)44-18-12-19-49-48-17-8-11-22-55(48)60-56(44)49)41-28-23-37(24-29-41)39-27-34-54-50(35-39)47-16-7-10-21-53(47)59(54)40-13-4-3-5-14-40/h1-41H;3-36H,1-2H3. The smallest absolute Gasteiger partial charge is 0.143 e. The molecule has 0 saturated carbocycles. The van der Waals surface area contributed by atoms with E-state index in [9.17, 15) is 0 Å². The lowest BCUT2D eigenvalue weighted by Crippen LogP contribution is -2.16. The minimum Gasteiger partial charge on any atom is -0.455 e. The molecule has 0 fully saturated rings. The number of rotatable bonds is 14. The highest BCUT2D eigenvalue weighted by atomic mass is 16.3. The number of furan rings is 1. The Hall–Kier alpha value is -16.0. The van der Waals surface area contributed by atoms with Crippen LogP contribution in [0.2, 0.25) is 0 Å². The van der Waals surface area contributed by atoms with Crippen molar-refractivity contribution in [2.24, 2.45) is 0 Å². The van der Waals surface area contributed by atoms with Crippen LogP contribution in [0.1, 0.15) is 25.0 Å². The van der Waals surface area contributed by atoms with Gasteiger partial charge in [0, 0.05) is 105 Å². The number of aromatic nitrogens is 3. The number of hydrogen-bond acceptors (Lipinski definition) is 3. The van der Waals surface area contributed by atoms with Crippen molar-refractivity contribution < 1.29 is 4.42 Å². The van der Waals surface area contributed by atoms with E-state index >= 15 is 0 Å². The Labute approximate surface area is 713 Å². The highest BCUT2D eigenvalue weighted by Gasteiger charge is 2.36. The lowest BCUT2D eigenvalue weighted by atomic mass is 9.82. The van der Waals surface area contributed by atoms with Gasteiger partial charge in [-0.15, -0.1) is 0 Å². The maximum atomic E-state index is 6.45. The zero-order valence-corrected chi connectivity index (χ0v) is 67.9. The van der Waals surface area contributed by atoms with E-state index in [-0.39, 0.29) is 5.41 Å². The molecule has 0 bridgehead atoms. The van der Waals surface area contributed by atoms with Gasteiger partial charge in [-0.3, -0.25) is 0 Å². The number of nitrogens with zero attached hydrogens (tertiary/aromatic N) is 5. The third-order valence-electron chi connectivity index (χ3n) is 25.3. The first-order valence-corrected chi connectivity index (χ1v) is 42.3. The quantitative estimate of drug-likeness (QED) is 0.109. The SMILES string of the molecule is CC1(C)c2ccccc2-c2ccc(N(c3ccc(-c4ccc5c(c4)c4ccccc4n5-c4ccccc4)cc3)c3ccc(-c4cccc5c4oc4ccccc45)cc3)cc21.c1ccc(-c2ccc(N(c3ccc(-c4ccc5c(c4)c4ccccc4n5-c4ccccc4)cc3)c3ccc(-c4ccc5c6ccccc6n(-c6ccccc6)c5c4)cc3)cc2)cc1. The third-order valence-corrected chi connectivity index (χ3v) is 25.3. The zero-order valence-electron chi connectivity index (χ0n) is 67.9. The molecule has 1 aliphatic rings. The van der Waals surface area contributed by atoms with E-state index in [1.165, 1.54) is 144 Å². The summed E-state index contributed by atoms with van der Waals surface area (Å²) in [5, 5.41) is 9.79. The first-order chi connectivity index (χ1) is 60.8. The summed E-state index contributed by atoms with van der Waals surface area (Å²) in [6, 6.07) is 165. The van der Waals surface area contributed by atoms with Gasteiger partial charge in [-0.2, -0.15) is 0 Å². The van der Waals surface area contributed by atoms with Crippen LogP contribution in [0.15, 0.2) is 459 Å². The van der Waals surface area contributed by atoms with Gasteiger partial charge in [-0.1, -0.05) is 305 Å². The monoisotopic (exact) mass is 1570 g/mol. The average molecular weight is 1570 g/mol. The molecular weight excluding hydrogens is 1490 g/mol. The van der Waals surface area contributed by atoms with E-state index in [0.717, 1.165) is 72.9 Å². The van der Waals surface area contributed by atoms with Crippen LogP contribution in [-0.4, -0.2) is 13.7 Å². The predicted octanol–water partition coefficient (Wildman–Crippen LogP) is 32.1. The van der Waals surface area contributed by atoms with Gasteiger partial charge in [-0.25, -0.2) is 0 Å². The van der Waals surface area contributed by atoms with Crippen LogP contribution < -0.4 is 9.80 Å². The van der Waals surface area contributed by atoms with Crippen molar-refractivity contribution in [2.75, 3.05) is 9.80 Å². The summed E-state index contributed by atoms with van der Waals surface area (Å²) in [7, 11) is 0. The van der Waals surface area contributed by atoms with Crippen molar-refractivity contribution in [3.63, 3.8) is 0 Å². The molecule has 0 spiro atoms. The minimum atomic E-state index is -0.116. The van der Waals surface area contributed by atoms with Crippen molar-refractivity contribution in [1.29, 1.82) is 0 Å². The highest BCUT2D eigenvalue weighted by Crippen LogP contribution is 2.52. The third kappa shape index (κ3) is 12.5. The maximum Gasteiger partial charge on any atom is 0.143 e. The summed E-state index contributed by atoms with van der Waals surface area (Å²) in [5.74, 6) is 0. The summed E-state index contributed by atoms with van der Waals surface area (Å²) < 4.78 is 13.6. The second-order valence-corrected chi connectivity index (χ2v) is 32.7. The number of para-hydroxylation sites is 8. The van der Waals surface area contributed by atoms with Gasteiger partial charge in [0.15, 0.2) is 0 Å². The van der Waals surface area contributed by atoms with Crippen molar-refractivity contribution in [3.05, 3.63) is 466 Å². The van der Waals surface area contributed by atoms with Gasteiger partial charge in [0.1, 0.15) is 11.2 Å². The van der Waals surface area contributed by atoms with Gasteiger partial charge in [0.05, 0.1) is 33.1 Å². The lowest BCUT2D eigenvalue weighted by molar-refractivity contribution is 0.660. The molecule has 0 unspecified atom stereocenters. The first-order valence-electron chi connectivity index (χ1n) is 42.3. The number of benzene rings is 19. The molecule has 0 radical (unpaired) electrons. The Morgan fingerprint density at radius 1 is 0.195 bits per heavy atom. The lowest BCUT2D eigenvalue weighted by Gasteiger charge is -2.28. The molecular formula is C117H81N5O. The highest BCUT2D eigenvalue weighted by molar-refractivity contribution is 6.14. The van der Waals surface area contributed by atoms with Crippen molar-refractivity contribution in [1.82, 2.24) is 13.7 Å². The number of anilines is 6. The molecule has 4 aromatic heterocycles. The second-order valence-electron chi connectivity index (χ2n) is 32.7. The Balaban J connectivity index is 0.000000143. The summed E-state index contributed by atoms with van der Waals surface area (Å²) >= 11 is 0. The molecule has 4 heterocycles. The topological polar surface area (TPSA) is 34.4 Å². The Bertz CT molecular complexity index is 7960. The molecule has 24 rings (SSSR count). The summed E-state index contributed by atoms with van der Waals surface area (Å²) in [6.45, 7) is 4.70. The summed E-state index contributed by atoms with van der Waals surface area (Å²) in [6.07, 6.45) is 0. The fourth-order valence-electron chi connectivity index (χ4n) is 19.4. The van der Waals surface area contributed by atoms with E-state index in [1.807, 2.05) is 12.1 Å².